The van der Waals surface area contributed by atoms with E-state index in [1.54, 1.807) is 11.7 Å². The summed E-state index contributed by atoms with van der Waals surface area (Å²) in [6.45, 7) is 2.08. The van der Waals surface area contributed by atoms with Crippen molar-refractivity contribution in [3.05, 3.63) is 60.4 Å². The van der Waals surface area contributed by atoms with Gasteiger partial charge in [-0.25, -0.2) is 5.43 Å². The molecule has 0 fully saturated rings. The fourth-order valence-electron chi connectivity index (χ4n) is 1.78. The minimum absolute atomic E-state index is 0. The Labute approximate surface area is 136 Å². The van der Waals surface area contributed by atoms with Crippen molar-refractivity contribution < 1.29 is 26.5 Å². The maximum Gasteiger partial charge on any atom is 0.305 e. The molecule has 1 aromatic heterocycles. The molecule has 0 unspecified atom stereocenters. The third kappa shape index (κ3) is 5.18. The number of nitrogens with zero attached hydrogens (tertiary/aromatic N) is 2. The van der Waals surface area contributed by atoms with Crippen molar-refractivity contribution in [2.24, 2.45) is 5.10 Å². The van der Waals surface area contributed by atoms with Gasteiger partial charge in [0, 0.05) is 12.1 Å². The molecule has 2 rings (SSSR count). The van der Waals surface area contributed by atoms with Gasteiger partial charge in [0.25, 0.3) is 0 Å². The Kier molecular flexibility index (Phi) is 7.05. The number of benzene rings is 1. The molecule has 0 bridgehead atoms. The number of hydrazone groups is 1. The highest BCUT2D eigenvalue weighted by Gasteiger charge is 2.07. The van der Waals surface area contributed by atoms with Gasteiger partial charge in [-0.05, 0) is 36.8 Å². The monoisotopic (exact) mass is 319 g/mol. The number of amides is 1. The summed E-state index contributed by atoms with van der Waals surface area (Å²) in [7, 11) is 1.62. The fourth-order valence-corrected chi connectivity index (χ4v) is 1.78. The lowest BCUT2D eigenvalue weighted by Crippen LogP contribution is -3.00. The molecule has 0 aliphatic carbocycles. The van der Waals surface area contributed by atoms with E-state index in [-0.39, 0.29) is 24.9 Å². The van der Waals surface area contributed by atoms with Crippen LogP contribution in [-0.4, -0.2) is 18.7 Å². The first-order valence-corrected chi connectivity index (χ1v) is 6.60. The number of hydrogen-bond acceptors (Lipinski definition) is 3. The minimum Gasteiger partial charge on any atom is -1.00 e. The highest BCUT2D eigenvalue weighted by Crippen LogP contribution is 2.11. The largest absolute Gasteiger partial charge is 1.00 e. The average Bonchev–Trinajstić information content (AvgIpc) is 2.53. The van der Waals surface area contributed by atoms with Crippen LogP contribution < -0.4 is 27.1 Å². The standard InChI is InChI=1S/C16H17N3O2.ClH/c1-13(14-6-8-15(21-2)9-7-14)17-18-16(20)12-19-10-4-3-5-11-19;/h3-11H,12H2,1-2H3;1H/b17-13+;. The first-order chi connectivity index (χ1) is 10.2. The Hall–Kier alpha value is -2.40. The maximum absolute atomic E-state index is 11.8. The zero-order valence-electron chi connectivity index (χ0n) is 12.5. The number of ether oxygens (including phenoxy) is 1. The smallest absolute Gasteiger partial charge is 0.305 e. The van der Waals surface area contributed by atoms with Gasteiger partial charge in [0.2, 0.25) is 6.54 Å². The van der Waals surface area contributed by atoms with E-state index in [4.69, 9.17) is 4.74 Å². The van der Waals surface area contributed by atoms with E-state index < -0.39 is 0 Å². The third-order valence-corrected chi connectivity index (χ3v) is 2.96. The lowest BCUT2D eigenvalue weighted by molar-refractivity contribution is -0.684. The van der Waals surface area contributed by atoms with Crippen LogP contribution in [0, 0.1) is 0 Å². The summed E-state index contributed by atoms with van der Waals surface area (Å²) in [4.78, 5) is 11.8. The second kappa shape index (κ2) is 8.79. The van der Waals surface area contributed by atoms with Crippen LogP contribution >= 0.6 is 0 Å². The van der Waals surface area contributed by atoms with Crippen LogP contribution in [-0.2, 0) is 11.3 Å². The number of pyridine rings is 1. The summed E-state index contributed by atoms with van der Waals surface area (Å²) in [6, 6.07) is 13.2. The Morgan fingerprint density at radius 1 is 1.18 bits per heavy atom. The molecule has 0 aliphatic rings. The van der Waals surface area contributed by atoms with Crippen LogP contribution in [0.5, 0.6) is 5.75 Å². The molecule has 1 heterocycles. The number of hydrogen-bond donors (Lipinski definition) is 1. The summed E-state index contributed by atoms with van der Waals surface area (Å²) in [5, 5.41) is 4.11. The predicted molar refractivity (Wildman–Crippen MR) is 80.0 cm³/mol. The summed E-state index contributed by atoms with van der Waals surface area (Å²) >= 11 is 0. The predicted octanol–water partition coefficient (Wildman–Crippen LogP) is -1.47. The van der Waals surface area contributed by atoms with Gasteiger partial charge in [-0.1, -0.05) is 6.07 Å². The molecule has 5 nitrogen and oxygen atoms in total. The Morgan fingerprint density at radius 3 is 2.41 bits per heavy atom. The Balaban J connectivity index is 0.00000242. The molecule has 1 N–H and O–H groups in total. The summed E-state index contributed by atoms with van der Waals surface area (Å²) in [6.07, 6.45) is 3.67. The molecule has 0 saturated carbocycles. The molecular formula is C16H18ClN3O2. The molecule has 1 aromatic carbocycles. The van der Waals surface area contributed by atoms with Crippen molar-refractivity contribution in [3.63, 3.8) is 0 Å². The van der Waals surface area contributed by atoms with Crippen LogP contribution in [0.4, 0.5) is 0 Å². The van der Waals surface area contributed by atoms with Crippen LogP contribution in [0.15, 0.2) is 60.0 Å². The molecule has 0 aliphatic heterocycles. The normalized spacial score (nSPS) is 10.5. The van der Waals surface area contributed by atoms with Gasteiger partial charge < -0.3 is 17.1 Å². The van der Waals surface area contributed by atoms with Crippen LogP contribution in [0.25, 0.3) is 0 Å². The molecule has 2 aromatic rings. The summed E-state index contributed by atoms with van der Waals surface area (Å²) in [5.41, 5.74) is 4.23. The molecule has 0 radical (unpaired) electrons. The van der Waals surface area contributed by atoms with Gasteiger partial charge in [-0.15, -0.1) is 0 Å². The highest BCUT2D eigenvalue weighted by molar-refractivity contribution is 5.99. The van der Waals surface area contributed by atoms with E-state index in [2.05, 4.69) is 10.5 Å². The van der Waals surface area contributed by atoms with Crippen molar-refractivity contribution in [2.45, 2.75) is 13.5 Å². The number of halogens is 1. The van der Waals surface area contributed by atoms with Crippen molar-refractivity contribution in [1.82, 2.24) is 5.43 Å². The van der Waals surface area contributed by atoms with Gasteiger partial charge in [0.05, 0.1) is 12.8 Å². The maximum atomic E-state index is 11.8. The van der Waals surface area contributed by atoms with Gasteiger partial charge in [0.15, 0.2) is 12.4 Å². The van der Waals surface area contributed by atoms with E-state index in [1.807, 2.05) is 61.8 Å². The average molecular weight is 320 g/mol. The number of aromatic nitrogens is 1. The molecular weight excluding hydrogens is 302 g/mol. The molecule has 6 heteroatoms. The number of methoxy groups -OCH3 is 1. The van der Waals surface area contributed by atoms with Gasteiger partial charge in [0.1, 0.15) is 5.75 Å². The fraction of sp³-hybridized carbons (Fsp3) is 0.188. The van der Waals surface area contributed by atoms with Crippen LogP contribution in [0.1, 0.15) is 12.5 Å². The molecule has 22 heavy (non-hydrogen) atoms. The zero-order valence-corrected chi connectivity index (χ0v) is 13.2. The molecule has 0 atom stereocenters. The number of carbonyl (C=O) groups is 1. The number of nitrogens with one attached hydrogen (secondary N) is 1. The van der Waals surface area contributed by atoms with E-state index in [0.717, 1.165) is 17.0 Å². The van der Waals surface area contributed by atoms with E-state index in [9.17, 15) is 4.79 Å². The third-order valence-electron chi connectivity index (χ3n) is 2.96. The SMILES string of the molecule is COc1ccc(/C(C)=N/NC(=O)C[n+]2ccccc2)cc1.[Cl-]. The van der Waals surface area contributed by atoms with Crippen LogP contribution in [0.2, 0.25) is 0 Å². The minimum atomic E-state index is -0.168. The quantitative estimate of drug-likeness (QED) is 0.415. The summed E-state index contributed by atoms with van der Waals surface area (Å²) < 4.78 is 6.89. The van der Waals surface area contributed by atoms with Crippen molar-refractivity contribution in [3.8, 4) is 5.75 Å². The molecule has 1 amide bonds. The van der Waals surface area contributed by atoms with Crippen molar-refractivity contribution in [1.29, 1.82) is 0 Å². The van der Waals surface area contributed by atoms with Crippen molar-refractivity contribution in [2.75, 3.05) is 7.11 Å². The van der Waals surface area contributed by atoms with Gasteiger partial charge in [-0.3, -0.25) is 4.79 Å². The second-order valence-corrected chi connectivity index (χ2v) is 4.51. The topological polar surface area (TPSA) is 54.6 Å². The molecule has 116 valence electrons. The van der Waals surface area contributed by atoms with E-state index in [0.29, 0.717) is 0 Å². The molecule has 0 spiro atoms. The Morgan fingerprint density at radius 2 is 1.82 bits per heavy atom. The highest BCUT2D eigenvalue weighted by atomic mass is 35.5. The van der Waals surface area contributed by atoms with E-state index in [1.165, 1.54) is 0 Å². The van der Waals surface area contributed by atoms with Crippen LogP contribution in [0.3, 0.4) is 0 Å². The Bertz CT molecular complexity index is 628. The first-order valence-electron chi connectivity index (χ1n) is 6.60. The van der Waals surface area contributed by atoms with Gasteiger partial charge >= 0.3 is 5.91 Å². The summed E-state index contributed by atoms with van der Waals surface area (Å²) in [5.74, 6) is 0.620. The lowest BCUT2D eigenvalue weighted by Gasteiger charge is -2.03. The number of carbonyl (C=O) groups excluding carboxylic acids is 1. The zero-order chi connectivity index (χ0) is 15.1. The number of rotatable bonds is 5. The lowest BCUT2D eigenvalue weighted by atomic mass is 10.1. The van der Waals surface area contributed by atoms with E-state index >= 15 is 0 Å². The van der Waals surface area contributed by atoms with Crippen molar-refractivity contribution >= 4 is 11.6 Å². The first kappa shape index (κ1) is 17.7. The van der Waals surface area contributed by atoms with Gasteiger partial charge in [-0.2, -0.15) is 9.67 Å². The second-order valence-electron chi connectivity index (χ2n) is 4.51. The molecule has 0 saturated heterocycles.